The van der Waals surface area contributed by atoms with E-state index in [9.17, 15) is 13.2 Å². The van der Waals surface area contributed by atoms with Gasteiger partial charge in [-0.15, -0.1) is 15.7 Å². The molecule has 1 unspecified atom stereocenters. The maximum Gasteiger partial charge on any atom is 0.294 e. The average Bonchev–Trinajstić information content (AvgIpc) is 3.17. The molecule has 0 saturated carbocycles. The number of benzene rings is 1. The molecule has 0 aliphatic carbocycles. The Morgan fingerprint density at radius 2 is 1.91 bits per heavy atom. The summed E-state index contributed by atoms with van der Waals surface area (Å²) in [5, 5.41) is 1.47. The van der Waals surface area contributed by atoms with Crippen LogP contribution in [0, 0.1) is 0 Å². The first-order valence-electron chi connectivity index (χ1n) is 6.94. The highest BCUT2D eigenvalue weighted by atomic mass is 32.2. The largest absolute Gasteiger partial charge is 0.294 e. The van der Waals surface area contributed by atoms with Gasteiger partial charge in [-0.1, -0.05) is 48.2 Å². The maximum atomic E-state index is 12.6. The third kappa shape index (κ3) is 3.19. The molecule has 1 aromatic carbocycles. The van der Waals surface area contributed by atoms with Gasteiger partial charge in [-0.2, -0.15) is 8.42 Å². The molecule has 1 aliphatic rings. The van der Waals surface area contributed by atoms with E-state index in [2.05, 4.69) is 4.40 Å². The standard InChI is InChI=1S/C15H14N2O3S3/c1-2-17-14(18)13(11-7-4-3-5-8-11)22-15(17)16-23(19,20)12-9-6-10-21-12/h3-10,13H,2H2,1H3. The van der Waals surface area contributed by atoms with Crippen LogP contribution < -0.4 is 0 Å². The Morgan fingerprint density at radius 3 is 2.52 bits per heavy atom. The highest BCUT2D eigenvalue weighted by Gasteiger charge is 2.39. The molecule has 23 heavy (non-hydrogen) atoms. The molecule has 1 saturated heterocycles. The highest BCUT2D eigenvalue weighted by Crippen LogP contribution is 2.40. The minimum Gasteiger partial charge on any atom is -0.290 e. The van der Waals surface area contributed by atoms with E-state index in [1.165, 1.54) is 22.7 Å². The van der Waals surface area contributed by atoms with E-state index < -0.39 is 15.3 Å². The Morgan fingerprint density at radius 1 is 1.17 bits per heavy atom. The lowest BCUT2D eigenvalue weighted by Crippen LogP contribution is -2.30. The van der Waals surface area contributed by atoms with Gasteiger partial charge in [-0.05, 0) is 23.9 Å². The van der Waals surface area contributed by atoms with Gasteiger partial charge in [-0.3, -0.25) is 9.69 Å². The van der Waals surface area contributed by atoms with Gasteiger partial charge in [0.15, 0.2) is 5.17 Å². The minimum absolute atomic E-state index is 0.135. The van der Waals surface area contributed by atoms with Crippen molar-refractivity contribution < 1.29 is 13.2 Å². The van der Waals surface area contributed by atoms with Crippen LogP contribution in [0.4, 0.5) is 0 Å². The number of likely N-dealkylation sites (N-methyl/N-ethyl adjacent to an activating group) is 1. The van der Waals surface area contributed by atoms with Crippen LogP contribution in [-0.4, -0.2) is 30.9 Å². The molecule has 0 radical (unpaired) electrons. The molecule has 2 aromatic rings. The van der Waals surface area contributed by atoms with Crippen molar-refractivity contribution in [3.63, 3.8) is 0 Å². The van der Waals surface area contributed by atoms with E-state index in [1.807, 2.05) is 30.3 Å². The number of rotatable bonds is 4. The SMILES string of the molecule is CCN1C(=O)C(c2ccccc2)SC1=NS(=O)(=O)c1cccs1. The lowest BCUT2D eigenvalue weighted by atomic mass is 10.1. The first-order valence-corrected chi connectivity index (χ1v) is 10.1. The van der Waals surface area contributed by atoms with Crippen molar-refractivity contribution >= 4 is 44.2 Å². The molecule has 0 bridgehead atoms. The van der Waals surface area contributed by atoms with Crippen molar-refractivity contribution in [3.8, 4) is 0 Å². The Kier molecular flexibility index (Phi) is 4.56. The zero-order chi connectivity index (χ0) is 16.4. The molecule has 1 atom stereocenters. The summed E-state index contributed by atoms with van der Waals surface area (Å²) in [6, 6.07) is 12.5. The lowest BCUT2D eigenvalue weighted by Gasteiger charge is -2.13. The van der Waals surface area contributed by atoms with E-state index >= 15 is 0 Å². The van der Waals surface area contributed by atoms with Crippen LogP contribution in [0.5, 0.6) is 0 Å². The Hall–Kier alpha value is -1.64. The number of hydrogen-bond acceptors (Lipinski definition) is 5. The zero-order valence-electron chi connectivity index (χ0n) is 12.2. The number of amidine groups is 1. The predicted octanol–water partition coefficient (Wildman–Crippen LogP) is 3.13. The van der Waals surface area contributed by atoms with Crippen LogP contribution in [0.2, 0.25) is 0 Å². The van der Waals surface area contributed by atoms with Crippen LogP contribution in [0.25, 0.3) is 0 Å². The third-order valence-corrected chi connectivity index (χ3v) is 7.30. The van der Waals surface area contributed by atoms with E-state index in [4.69, 9.17) is 0 Å². The normalized spacial score (nSPS) is 20.4. The van der Waals surface area contributed by atoms with Gasteiger partial charge in [0.05, 0.1) is 0 Å². The number of nitrogens with zero attached hydrogens (tertiary/aromatic N) is 2. The van der Waals surface area contributed by atoms with Gasteiger partial charge in [0.25, 0.3) is 10.0 Å². The Balaban J connectivity index is 1.97. The third-order valence-electron chi connectivity index (χ3n) is 3.31. The predicted molar refractivity (Wildman–Crippen MR) is 93.1 cm³/mol. The van der Waals surface area contributed by atoms with Crippen molar-refractivity contribution in [2.75, 3.05) is 6.54 Å². The summed E-state index contributed by atoms with van der Waals surface area (Å²) in [7, 11) is -3.78. The van der Waals surface area contributed by atoms with Crippen LogP contribution >= 0.6 is 23.1 Å². The number of thiophene rings is 1. The summed E-state index contributed by atoms with van der Waals surface area (Å²) in [6.07, 6.45) is 0. The number of thioether (sulfide) groups is 1. The molecule has 1 fully saturated rings. The van der Waals surface area contributed by atoms with Crippen LogP contribution in [0.1, 0.15) is 17.7 Å². The molecular weight excluding hydrogens is 352 g/mol. The van der Waals surface area contributed by atoms with Gasteiger partial charge >= 0.3 is 0 Å². The van der Waals surface area contributed by atoms with E-state index in [1.54, 1.807) is 18.4 Å². The fourth-order valence-electron chi connectivity index (χ4n) is 2.21. The second-order valence-electron chi connectivity index (χ2n) is 4.77. The van der Waals surface area contributed by atoms with Crippen molar-refractivity contribution in [1.82, 2.24) is 4.90 Å². The van der Waals surface area contributed by atoms with Gasteiger partial charge in [0.1, 0.15) is 9.46 Å². The Bertz CT molecular complexity index is 830. The lowest BCUT2D eigenvalue weighted by molar-refractivity contribution is -0.126. The summed E-state index contributed by atoms with van der Waals surface area (Å²) in [5.41, 5.74) is 0.847. The molecule has 1 aromatic heterocycles. The van der Waals surface area contributed by atoms with Crippen LogP contribution in [0.15, 0.2) is 56.5 Å². The maximum absolute atomic E-state index is 12.6. The van der Waals surface area contributed by atoms with Gasteiger partial charge in [0, 0.05) is 6.54 Å². The van der Waals surface area contributed by atoms with Gasteiger partial charge in [-0.25, -0.2) is 0 Å². The summed E-state index contributed by atoms with van der Waals surface area (Å²) >= 11 is 2.29. The number of sulfonamides is 1. The van der Waals surface area contributed by atoms with E-state index in [0.717, 1.165) is 16.9 Å². The molecule has 5 nitrogen and oxygen atoms in total. The quantitative estimate of drug-likeness (QED) is 0.834. The van der Waals surface area contributed by atoms with Crippen molar-refractivity contribution in [1.29, 1.82) is 0 Å². The number of amides is 1. The average molecular weight is 366 g/mol. The smallest absolute Gasteiger partial charge is 0.290 e. The molecule has 0 N–H and O–H groups in total. The van der Waals surface area contributed by atoms with E-state index in [0.29, 0.717) is 6.54 Å². The molecule has 1 amide bonds. The summed E-state index contributed by atoms with van der Waals surface area (Å²) in [5.74, 6) is -0.135. The molecule has 120 valence electrons. The second kappa shape index (κ2) is 6.46. The minimum atomic E-state index is -3.78. The van der Waals surface area contributed by atoms with Gasteiger partial charge in [0.2, 0.25) is 5.91 Å². The van der Waals surface area contributed by atoms with E-state index in [-0.39, 0.29) is 15.3 Å². The first-order chi connectivity index (χ1) is 11.0. The fraction of sp³-hybridized carbons (Fsp3) is 0.200. The molecular formula is C15H14N2O3S3. The van der Waals surface area contributed by atoms with Crippen molar-refractivity contribution in [3.05, 3.63) is 53.4 Å². The molecule has 3 rings (SSSR count). The summed E-state index contributed by atoms with van der Waals surface area (Å²) in [4.78, 5) is 14.0. The molecule has 2 heterocycles. The van der Waals surface area contributed by atoms with Crippen LogP contribution in [0.3, 0.4) is 0 Å². The number of hydrogen-bond donors (Lipinski definition) is 0. The van der Waals surface area contributed by atoms with Crippen molar-refractivity contribution in [2.24, 2.45) is 4.40 Å². The second-order valence-corrected chi connectivity index (χ2v) is 8.62. The van der Waals surface area contributed by atoms with Crippen LogP contribution in [-0.2, 0) is 14.8 Å². The summed E-state index contributed by atoms with van der Waals surface area (Å²) in [6.45, 7) is 2.19. The molecule has 1 aliphatic heterocycles. The zero-order valence-corrected chi connectivity index (χ0v) is 14.7. The fourth-order valence-corrected chi connectivity index (χ4v) is 5.62. The first kappa shape index (κ1) is 16.2. The van der Waals surface area contributed by atoms with Crippen molar-refractivity contribution in [2.45, 2.75) is 16.4 Å². The Labute approximate surface area is 143 Å². The number of carbonyl (C=O) groups excluding carboxylic acids is 1. The number of carbonyl (C=O) groups is 1. The monoisotopic (exact) mass is 366 g/mol. The van der Waals surface area contributed by atoms with Gasteiger partial charge < -0.3 is 0 Å². The molecule has 8 heteroatoms. The highest BCUT2D eigenvalue weighted by molar-refractivity contribution is 8.15. The topological polar surface area (TPSA) is 66.8 Å². The molecule has 0 spiro atoms. The summed E-state index contributed by atoms with van der Waals surface area (Å²) < 4.78 is 28.7.